The van der Waals surface area contributed by atoms with E-state index in [2.05, 4.69) is 4.99 Å². The summed E-state index contributed by atoms with van der Waals surface area (Å²) in [6.07, 6.45) is 1.75. The molecule has 0 fully saturated rings. The van der Waals surface area contributed by atoms with Crippen LogP contribution in [-0.2, 0) is 16.1 Å². The fourth-order valence-corrected chi connectivity index (χ4v) is 4.95. The Morgan fingerprint density at radius 1 is 1.05 bits per heavy atom. The van der Waals surface area contributed by atoms with Crippen LogP contribution in [0.5, 0.6) is 11.5 Å². The van der Waals surface area contributed by atoms with Gasteiger partial charge in [0.15, 0.2) is 11.5 Å². The highest BCUT2D eigenvalue weighted by molar-refractivity contribution is 8.18. The number of aliphatic hydroxyl groups is 1. The van der Waals surface area contributed by atoms with Gasteiger partial charge in [0.1, 0.15) is 23.0 Å². The van der Waals surface area contributed by atoms with Crippen LogP contribution in [0.1, 0.15) is 18.1 Å². The average molecular weight is 556 g/mol. The number of thioether (sulfide) groups is 1. The molecule has 0 spiro atoms. The van der Waals surface area contributed by atoms with Crippen LogP contribution < -0.4 is 9.47 Å². The second-order valence-electron chi connectivity index (χ2n) is 7.74. The van der Waals surface area contributed by atoms with Gasteiger partial charge in [-0.1, -0.05) is 65.3 Å². The van der Waals surface area contributed by atoms with Gasteiger partial charge < -0.3 is 19.3 Å². The Balaban J connectivity index is 1.61. The summed E-state index contributed by atoms with van der Waals surface area (Å²) in [7, 11) is 1.54. The zero-order chi connectivity index (χ0) is 26.4. The summed E-state index contributed by atoms with van der Waals surface area (Å²) in [4.78, 5) is 17.6. The van der Waals surface area contributed by atoms with Gasteiger partial charge in [0.05, 0.1) is 24.3 Å². The quantitative estimate of drug-likeness (QED) is 0.286. The zero-order valence-electron chi connectivity index (χ0n) is 20.0. The van der Waals surface area contributed by atoms with Crippen molar-refractivity contribution in [3.8, 4) is 11.5 Å². The first-order valence-corrected chi connectivity index (χ1v) is 12.9. The minimum atomic E-state index is -0.632. The number of methoxy groups -OCH3 is 1. The number of carbonyl (C=O) groups excluding carboxylic acids is 1. The van der Waals surface area contributed by atoms with Gasteiger partial charge in [-0.25, -0.2) is 9.79 Å². The molecule has 1 aliphatic heterocycles. The van der Waals surface area contributed by atoms with Gasteiger partial charge in [0.2, 0.25) is 0 Å². The molecular weight excluding hydrogens is 533 g/mol. The van der Waals surface area contributed by atoms with E-state index in [0.717, 1.165) is 11.1 Å². The van der Waals surface area contributed by atoms with Crippen molar-refractivity contribution in [2.24, 2.45) is 4.99 Å². The number of rotatable bonds is 8. The summed E-state index contributed by atoms with van der Waals surface area (Å²) < 4.78 is 16.6. The van der Waals surface area contributed by atoms with E-state index >= 15 is 0 Å². The summed E-state index contributed by atoms with van der Waals surface area (Å²) in [6.45, 7) is 2.12. The summed E-state index contributed by atoms with van der Waals surface area (Å²) in [5.41, 5.74) is 2.21. The largest absolute Gasteiger partial charge is 0.506 e. The minimum Gasteiger partial charge on any atom is -0.506 e. The van der Waals surface area contributed by atoms with Crippen molar-refractivity contribution >= 4 is 57.7 Å². The fourth-order valence-electron chi connectivity index (χ4n) is 3.45. The molecule has 0 saturated heterocycles. The average Bonchev–Trinajstić information content (AvgIpc) is 3.18. The van der Waals surface area contributed by atoms with Gasteiger partial charge in [0.25, 0.3) is 0 Å². The zero-order valence-corrected chi connectivity index (χ0v) is 22.4. The predicted octanol–water partition coefficient (Wildman–Crippen LogP) is 7.77. The highest BCUT2D eigenvalue weighted by Crippen LogP contribution is 2.41. The molecule has 0 aromatic heterocycles. The minimum absolute atomic E-state index is 0.0358. The van der Waals surface area contributed by atoms with Crippen molar-refractivity contribution in [1.82, 2.24) is 0 Å². The molecule has 0 radical (unpaired) electrons. The van der Waals surface area contributed by atoms with Crippen LogP contribution in [0.25, 0.3) is 6.08 Å². The van der Waals surface area contributed by atoms with Gasteiger partial charge in [-0.3, -0.25) is 0 Å². The molecule has 9 heteroatoms. The van der Waals surface area contributed by atoms with Crippen LogP contribution in [0.3, 0.4) is 0 Å². The predicted molar refractivity (Wildman–Crippen MR) is 149 cm³/mol. The van der Waals surface area contributed by atoms with Gasteiger partial charge in [-0.05, 0) is 55.0 Å². The molecule has 0 aliphatic carbocycles. The maximum absolute atomic E-state index is 12.6. The first-order valence-electron chi connectivity index (χ1n) is 11.3. The van der Waals surface area contributed by atoms with Crippen LogP contribution in [0.15, 0.2) is 88.0 Å². The van der Waals surface area contributed by atoms with Gasteiger partial charge in [-0.2, -0.15) is 0 Å². The number of nitrogens with zero attached hydrogens (tertiary/aromatic N) is 1. The molecule has 0 unspecified atom stereocenters. The van der Waals surface area contributed by atoms with E-state index in [1.807, 2.05) is 36.4 Å². The third kappa shape index (κ3) is 6.49. The lowest BCUT2D eigenvalue weighted by Gasteiger charge is -2.12. The highest BCUT2D eigenvalue weighted by atomic mass is 35.5. The maximum Gasteiger partial charge on any atom is 0.344 e. The van der Waals surface area contributed by atoms with Gasteiger partial charge >= 0.3 is 5.97 Å². The number of aliphatic hydroxyl groups excluding tert-OH is 1. The molecule has 4 rings (SSSR count). The maximum atomic E-state index is 12.6. The van der Waals surface area contributed by atoms with E-state index in [9.17, 15) is 9.90 Å². The SMILES string of the molecule is CCOC(=O)C1=C(O)/C(=C/c2ccc(OCc3ccc(Cl)cc3Cl)c(OC)c2)SC1=Nc1ccccc1. The van der Waals surface area contributed by atoms with Crippen LogP contribution in [0.2, 0.25) is 10.0 Å². The van der Waals surface area contributed by atoms with Crippen LogP contribution in [0, 0.1) is 0 Å². The third-order valence-electron chi connectivity index (χ3n) is 5.24. The molecule has 190 valence electrons. The number of para-hydroxylation sites is 1. The van der Waals surface area contributed by atoms with Gasteiger partial charge in [0, 0.05) is 15.6 Å². The lowest BCUT2D eigenvalue weighted by molar-refractivity contribution is -0.138. The second-order valence-corrected chi connectivity index (χ2v) is 9.62. The van der Waals surface area contributed by atoms with Crippen molar-refractivity contribution in [2.75, 3.05) is 13.7 Å². The number of benzene rings is 3. The summed E-state index contributed by atoms with van der Waals surface area (Å²) >= 11 is 13.4. The summed E-state index contributed by atoms with van der Waals surface area (Å²) in [5.74, 6) is 0.199. The molecule has 37 heavy (non-hydrogen) atoms. The van der Waals surface area contributed by atoms with Crippen LogP contribution in [0.4, 0.5) is 5.69 Å². The van der Waals surface area contributed by atoms with Crippen molar-refractivity contribution < 1.29 is 24.1 Å². The molecule has 1 N–H and O–H groups in total. The molecule has 1 heterocycles. The van der Waals surface area contributed by atoms with E-state index in [0.29, 0.717) is 37.2 Å². The molecule has 0 amide bonds. The highest BCUT2D eigenvalue weighted by Gasteiger charge is 2.33. The number of carbonyl (C=O) groups is 1. The van der Waals surface area contributed by atoms with E-state index in [-0.39, 0.29) is 24.5 Å². The lowest BCUT2D eigenvalue weighted by atomic mass is 10.1. The Morgan fingerprint density at radius 2 is 1.84 bits per heavy atom. The smallest absolute Gasteiger partial charge is 0.344 e. The van der Waals surface area contributed by atoms with Crippen LogP contribution >= 0.6 is 35.0 Å². The standard InChI is InChI=1S/C28H23Cl2NO5S/c1-3-35-28(33)25-26(32)24(37-27(25)31-20-7-5-4-6-8-20)14-17-9-12-22(23(13-17)34-2)36-16-18-10-11-19(29)15-21(18)30/h4-15,32H,3,16H2,1-2H3/b24-14-,31-27?. The molecule has 1 aliphatic rings. The molecule has 3 aromatic carbocycles. The Kier molecular flexibility index (Phi) is 8.82. The molecule has 6 nitrogen and oxygen atoms in total. The van der Waals surface area contributed by atoms with Crippen molar-refractivity contribution in [1.29, 1.82) is 0 Å². The monoisotopic (exact) mass is 555 g/mol. The van der Waals surface area contributed by atoms with Crippen molar-refractivity contribution in [2.45, 2.75) is 13.5 Å². The number of esters is 1. The van der Waals surface area contributed by atoms with E-state index < -0.39 is 5.97 Å². The van der Waals surface area contributed by atoms with E-state index in [1.165, 1.54) is 11.8 Å². The lowest BCUT2D eigenvalue weighted by Crippen LogP contribution is -2.12. The molecule has 0 atom stereocenters. The Labute approximate surface area is 229 Å². The molecular formula is C28H23Cl2NO5S. The number of ether oxygens (including phenoxy) is 3. The van der Waals surface area contributed by atoms with Crippen molar-refractivity contribution in [3.05, 3.63) is 104 Å². The molecule has 3 aromatic rings. The van der Waals surface area contributed by atoms with E-state index in [4.69, 9.17) is 37.4 Å². The Morgan fingerprint density at radius 3 is 2.54 bits per heavy atom. The first kappa shape index (κ1) is 26.7. The number of halogens is 2. The number of aliphatic imine (C=N–C) groups is 1. The van der Waals surface area contributed by atoms with Crippen molar-refractivity contribution in [3.63, 3.8) is 0 Å². The number of hydrogen-bond acceptors (Lipinski definition) is 7. The second kappa shape index (κ2) is 12.2. The van der Waals surface area contributed by atoms with Crippen LogP contribution in [-0.4, -0.2) is 29.8 Å². The summed E-state index contributed by atoms with van der Waals surface area (Å²) in [6, 6.07) is 19.8. The first-order chi connectivity index (χ1) is 17.9. The van der Waals surface area contributed by atoms with E-state index in [1.54, 1.807) is 50.4 Å². The molecule has 0 bridgehead atoms. The topological polar surface area (TPSA) is 77.4 Å². The Hall–Kier alpha value is -3.39. The Bertz CT molecular complexity index is 1400. The normalized spacial score (nSPS) is 15.4. The summed E-state index contributed by atoms with van der Waals surface area (Å²) in [5, 5.41) is 12.3. The number of hydrogen-bond donors (Lipinski definition) is 1. The van der Waals surface area contributed by atoms with Gasteiger partial charge in [-0.15, -0.1) is 0 Å². The fraction of sp³-hybridized carbons (Fsp3) is 0.143. The molecule has 0 saturated carbocycles. The third-order valence-corrected chi connectivity index (χ3v) is 6.85.